The van der Waals surface area contributed by atoms with Crippen molar-refractivity contribution >= 4 is 6.09 Å². The molecule has 1 amide bonds. The Hall–Kier alpha value is -3.38. The Labute approximate surface area is 210 Å². The quantitative estimate of drug-likeness (QED) is 0.503. The fraction of sp³-hybridized carbons (Fsp3) is 0.367. The van der Waals surface area contributed by atoms with Crippen molar-refractivity contribution in [3.05, 3.63) is 89.2 Å². The highest BCUT2D eigenvalue weighted by Gasteiger charge is 2.50. The molecule has 36 heavy (non-hydrogen) atoms. The van der Waals surface area contributed by atoms with Crippen LogP contribution in [0.5, 0.6) is 5.75 Å². The van der Waals surface area contributed by atoms with Crippen LogP contribution >= 0.6 is 0 Å². The number of benzene rings is 3. The summed E-state index contributed by atoms with van der Waals surface area (Å²) in [6, 6.07) is 20.8. The summed E-state index contributed by atoms with van der Waals surface area (Å²) in [5.74, 6) is 0.228. The van der Waals surface area contributed by atoms with Gasteiger partial charge in [0.2, 0.25) is 0 Å². The minimum absolute atomic E-state index is 0.0150. The largest absolute Gasteiger partial charge is 0.496 e. The highest BCUT2D eigenvalue weighted by Crippen LogP contribution is 2.46. The second kappa shape index (κ2) is 8.93. The van der Waals surface area contributed by atoms with Gasteiger partial charge in [-0.15, -0.1) is 0 Å². The molecule has 3 aliphatic rings. The summed E-state index contributed by atoms with van der Waals surface area (Å²) in [6.07, 6.45) is 2.52. The van der Waals surface area contributed by atoms with Gasteiger partial charge in [0.25, 0.3) is 0 Å². The number of aliphatic hydroxyl groups is 1. The van der Waals surface area contributed by atoms with E-state index in [-0.39, 0.29) is 36.5 Å². The summed E-state index contributed by atoms with van der Waals surface area (Å²) in [6.45, 7) is 0.285. The van der Waals surface area contributed by atoms with Gasteiger partial charge in [-0.3, -0.25) is 0 Å². The number of ether oxygens (including phenoxy) is 2. The third kappa shape index (κ3) is 3.94. The average molecular weight is 488 g/mol. The monoisotopic (exact) mass is 487 g/mol. The van der Waals surface area contributed by atoms with E-state index >= 15 is 0 Å². The zero-order valence-corrected chi connectivity index (χ0v) is 20.3. The smallest absolute Gasteiger partial charge is 0.410 e. The van der Waals surface area contributed by atoms with Crippen LogP contribution in [0.2, 0.25) is 0 Å². The lowest BCUT2D eigenvalue weighted by Gasteiger charge is -2.43. The lowest BCUT2D eigenvalue weighted by Crippen LogP contribution is -2.54. The Kier molecular flexibility index (Phi) is 5.72. The van der Waals surface area contributed by atoms with Crippen molar-refractivity contribution in [1.82, 2.24) is 4.90 Å². The van der Waals surface area contributed by atoms with Crippen molar-refractivity contribution in [2.75, 3.05) is 13.7 Å². The molecule has 2 bridgehead atoms. The van der Waals surface area contributed by atoms with E-state index in [1.54, 1.807) is 13.2 Å². The number of fused-ring (bicyclic) bond motifs is 5. The maximum Gasteiger partial charge on any atom is 0.410 e. The predicted molar refractivity (Wildman–Crippen MR) is 135 cm³/mol. The first-order chi connectivity index (χ1) is 17.5. The van der Waals surface area contributed by atoms with Gasteiger partial charge in [-0.2, -0.15) is 0 Å². The van der Waals surface area contributed by atoms with E-state index in [2.05, 4.69) is 24.3 Å². The maximum atomic E-state index is 13.9. The fourth-order valence-corrected chi connectivity index (χ4v) is 6.67. The van der Waals surface area contributed by atoms with E-state index in [0.29, 0.717) is 30.6 Å². The molecule has 2 atom stereocenters. The summed E-state index contributed by atoms with van der Waals surface area (Å²) in [7, 11) is 1.55. The molecule has 6 heteroatoms. The molecule has 2 heterocycles. The SMILES string of the molecule is COc1ccc(F)cc1CC1(O)CC2CCC(C1)N2C(=O)OCC1c2ccccc2-c2ccccc21. The number of halogens is 1. The molecule has 0 aromatic heterocycles. The zero-order valence-electron chi connectivity index (χ0n) is 20.3. The Balaban J connectivity index is 1.15. The van der Waals surface area contributed by atoms with Crippen molar-refractivity contribution in [1.29, 1.82) is 0 Å². The summed E-state index contributed by atoms with van der Waals surface area (Å²) in [4.78, 5) is 15.1. The zero-order chi connectivity index (χ0) is 24.9. The van der Waals surface area contributed by atoms with Crippen LogP contribution in [0.15, 0.2) is 66.7 Å². The number of carbonyl (C=O) groups excluding carboxylic acids is 1. The molecule has 2 saturated heterocycles. The number of carbonyl (C=O) groups is 1. The molecular formula is C30H30FNO4. The molecule has 1 aliphatic carbocycles. The summed E-state index contributed by atoms with van der Waals surface area (Å²) in [5.41, 5.74) is 4.40. The molecule has 0 spiro atoms. The molecule has 3 aromatic rings. The van der Waals surface area contributed by atoms with E-state index in [4.69, 9.17) is 9.47 Å². The van der Waals surface area contributed by atoms with Crippen LogP contribution in [0.1, 0.15) is 48.3 Å². The van der Waals surface area contributed by atoms with Crippen LogP contribution in [-0.2, 0) is 11.2 Å². The first-order valence-corrected chi connectivity index (χ1v) is 12.6. The van der Waals surface area contributed by atoms with Crippen LogP contribution < -0.4 is 4.74 Å². The van der Waals surface area contributed by atoms with E-state index in [1.807, 2.05) is 29.2 Å². The molecule has 1 N–H and O–H groups in total. The first kappa shape index (κ1) is 23.0. The van der Waals surface area contributed by atoms with Crippen molar-refractivity contribution in [2.24, 2.45) is 0 Å². The summed E-state index contributed by atoms with van der Waals surface area (Å²) >= 11 is 0. The van der Waals surface area contributed by atoms with E-state index in [9.17, 15) is 14.3 Å². The van der Waals surface area contributed by atoms with Crippen molar-refractivity contribution < 1.29 is 23.8 Å². The minimum Gasteiger partial charge on any atom is -0.496 e. The molecule has 3 aromatic carbocycles. The molecule has 2 fully saturated rings. The third-order valence-corrected chi connectivity index (χ3v) is 8.16. The molecule has 5 nitrogen and oxygen atoms in total. The van der Waals surface area contributed by atoms with Gasteiger partial charge in [0.15, 0.2) is 0 Å². The van der Waals surface area contributed by atoms with Gasteiger partial charge in [-0.05, 0) is 71.7 Å². The molecule has 2 unspecified atom stereocenters. The standard InChI is InChI=1S/C30H30FNO4/c1-35-28-13-10-20(31)14-19(28)15-30(34)16-21-11-12-22(17-30)32(21)29(33)36-18-27-25-8-4-2-6-23(25)24-7-3-5-9-26(24)27/h2-10,13-14,21-22,27,34H,11-12,15-18H2,1H3. The Morgan fingerprint density at radius 3 is 2.22 bits per heavy atom. The Morgan fingerprint density at radius 1 is 1.00 bits per heavy atom. The van der Waals surface area contributed by atoms with Crippen LogP contribution in [0.4, 0.5) is 9.18 Å². The first-order valence-electron chi connectivity index (χ1n) is 12.6. The molecule has 2 aliphatic heterocycles. The molecule has 0 radical (unpaired) electrons. The number of nitrogens with zero attached hydrogens (tertiary/aromatic N) is 1. The fourth-order valence-electron chi connectivity index (χ4n) is 6.67. The Morgan fingerprint density at radius 2 is 1.61 bits per heavy atom. The lowest BCUT2D eigenvalue weighted by atomic mass is 9.81. The number of hydrogen-bond donors (Lipinski definition) is 1. The number of rotatable bonds is 5. The Bertz CT molecular complexity index is 1250. The molecule has 186 valence electrons. The second-order valence-electron chi connectivity index (χ2n) is 10.4. The van der Waals surface area contributed by atoms with Gasteiger partial charge in [0.05, 0.1) is 12.7 Å². The normalized spacial score (nSPS) is 24.4. The summed E-state index contributed by atoms with van der Waals surface area (Å²) < 4.78 is 25.2. The van der Waals surface area contributed by atoms with Crippen molar-refractivity contribution in [3.63, 3.8) is 0 Å². The van der Waals surface area contributed by atoms with Crippen LogP contribution in [0, 0.1) is 5.82 Å². The van der Waals surface area contributed by atoms with Gasteiger partial charge in [0.1, 0.15) is 18.2 Å². The van der Waals surface area contributed by atoms with Gasteiger partial charge in [-0.25, -0.2) is 9.18 Å². The second-order valence-corrected chi connectivity index (χ2v) is 10.4. The van der Waals surface area contributed by atoms with Crippen LogP contribution in [0.3, 0.4) is 0 Å². The predicted octanol–water partition coefficient (Wildman–Crippen LogP) is 5.68. The number of methoxy groups -OCH3 is 1. The third-order valence-electron chi connectivity index (χ3n) is 8.16. The van der Waals surface area contributed by atoms with Gasteiger partial charge >= 0.3 is 6.09 Å². The van der Waals surface area contributed by atoms with E-state index in [1.165, 1.54) is 34.4 Å². The van der Waals surface area contributed by atoms with E-state index < -0.39 is 5.60 Å². The minimum atomic E-state index is -1.02. The summed E-state index contributed by atoms with van der Waals surface area (Å²) in [5, 5.41) is 11.5. The van der Waals surface area contributed by atoms with Crippen LogP contribution in [-0.4, -0.2) is 47.5 Å². The molecule has 6 rings (SSSR count). The topological polar surface area (TPSA) is 59.0 Å². The van der Waals surface area contributed by atoms with Crippen molar-refractivity contribution in [2.45, 2.75) is 55.7 Å². The maximum absolute atomic E-state index is 13.9. The van der Waals surface area contributed by atoms with Gasteiger partial charge in [-0.1, -0.05) is 48.5 Å². The lowest BCUT2D eigenvalue weighted by molar-refractivity contribution is -0.0482. The van der Waals surface area contributed by atoms with Gasteiger partial charge in [0, 0.05) is 24.4 Å². The number of piperidine rings is 1. The molecular weight excluding hydrogens is 457 g/mol. The highest BCUT2D eigenvalue weighted by molar-refractivity contribution is 5.79. The highest BCUT2D eigenvalue weighted by atomic mass is 19.1. The number of hydrogen-bond acceptors (Lipinski definition) is 4. The van der Waals surface area contributed by atoms with E-state index in [0.717, 1.165) is 12.8 Å². The number of amides is 1. The van der Waals surface area contributed by atoms with Gasteiger partial charge < -0.3 is 19.5 Å². The van der Waals surface area contributed by atoms with Crippen LogP contribution in [0.25, 0.3) is 11.1 Å². The van der Waals surface area contributed by atoms with Crippen molar-refractivity contribution in [3.8, 4) is 16.9 Å². The molecule has 0 saturated carbocycles. The average Bonchev–Trinajstić information content (AvgIpc) is 3.35.